The molecule has 174 valence electrons. The van der Waals surface area contributed by atoms with Crippen LogP contribution >= 0.6 is 0 Å². The van der Waals surface area contributed by atoms with Gasteiger partial charge in [-0.25, -0.2) is 9.50 Å². The summed E-state index contributed by atoms with van der Waals surface area (Å²) < 4.78 is 12.6. The lowest BCUT2D eigenvalue weighted by Gasteiger charge is -2.31. The van der Waals surface area contributed by atoms with Gasteiger partial charge in [0.05, 0.1) is 32.2 Å². The van der Waals surface area contributed by atoms with Gasteiger partial charge in [0.2, 0.25) is 0 Å². The van der Waals surface area contributed by atoms with Gasteiger partial charge in [-0.05, 0) is 31.0 Å². The molecule has 2 fully saturated rings. The Balaban J connectivity index is 1.38. The van der Waals surface area contributed by atoms with Gasteiger partial charge in [0.1, 0.15) is 17.1 Å². The van der Waals surface area contributed by atoms with Crippen LogP contribution < -0.4 is 25.6 Å². The number of piperidine rings is 1. The maximum absolute atomic E-state index is 13.2. The second-order valence-corrected chi connectivity index (χ2v) is 8.40. The quantitative estimate of drug-likeness (QED) is 0.604. The summed E-state index contributed by atoms with van der Waals surface area (Å²) in [6.07, 6.45) is 5.41. The van der Waals surface area contributed by atoms with E-state index in [0.717, 1.165) is 50.5 Å². The van der Waals surface area contributed by atoms with E-state index in [0.29, 0.717) is 35.9 Å². The molecule has 3 N–H and O–H groups in total. The van der Waals surface area contributed by atoms with E-state index in [4.69, 9.17) is 20.2 Å². The standard InChI is InChI=1S/C23H29N7O3/c1-32-20-13-17(28-9-11-33-12-10-28)4-5-19(20)26-23(31)18-14-25-30-8-6-21(27-22(18)30)29-7-2-3-16(24)15-29/h4-6,8,13-14,16H,2-3,7,9-12,15,24H2,1H3,(H,26,31)/t16-/m1/s1. The van der Waals surface area contributed by atoms with Gasteiger partial charge in [0.25, 0.3) is 5.91 Å². The smallest absolute Gasteiger partial charge is 0.261 e. The van der Waals surface area contributed by atoms with Crippen LogP contribution in [0.5, 0.6) is 5.75 Å². The predicted octanol–water partition coefficient (Wildman–Crippen LogP) is 1.75. The minimum atomic E-state index is -0.289. The number of ether oxygens (including phenoxy) is 2. The van der Waals surface area contributed by atoms with Gasteiger partial charge < -0.3 is 30.3 Å². The number of amides is 1. The topological polar surface area (TPSA) is 110 Å². The van der Waals surface area contributed by atoms with Crippen molar-refractivity contribution in [3.8, 4) is 5.75 Å². The summed E-state index contributed by atoms with van der Waals surface area (Å²) >= 11 is 0. The Labute approximate surface area is 192 Å². The molecule has 10 heteroatoms. The number of nitrogens with one attached hydrogen (secondary N) is 1. The van der Waals surface area contributed by atoms with Crippen LogP contribution in [-0.2, 0) is 4.74 Å². The molecule has 0 bridgehead atoms. The second-order valence-electron chi connectivity index (χ2n) is 8.40. The first-order valence-corrected chi connectivity index (χ1v) is 11.3. The Morgan fingerprint density at radius 2 is 2.06 bits per heavy atom. The number of anilines is 3. The van der Waals surface area contributed by atoms with Crippen LogP contribution in [0.25, 0.3) is 5.65 Å². The number of methoxy groups -OCH3 is 1. The van der Waals surface area contributed by atoms with Gasteiger partial charge in [-0.2, -0.15) is 5.10 Å². The largest absolute Gasteiger partial charge is 0.494 e. The van der Waals surface area contributed by atoms with Crippen molar-refractivity contribution >= 4 is 28.7 Å². The fourth-order valence-electron chi connectivity index (χ4n) is 4.40. The van der Waals surface area contributed by atoms with Crippen molar-refractivity contribution in [2.24, 2.45) is 5.73 Å². The SMILES string of the molecule is COc1cc(N2CCOCC2)ccc1NC(=O)c1cnn2ccc(N3CCC[C@@H](N)C3)nc12. The van der Waals surface area contributed by atoms with Crippen LogP contribution in [0.3, 0.4) is 0 Å². The first-order chi connectivity index (χ1) is 16.1. The Kier molecular flexibility index (Phi) is 6.01. The molecule has 1 atom stereocenters. The molecule has 0 radical (unpaired) electrons. The van der Waals surface area contributed by atoms with Gasteiger partial charge in [-0.3, -0.25) is 4.79 Å². The highest BCUT2D eigenvalue weighted by atomic mass is 16.5. The summed E-state index contributed by atoms with van der Waals surface area (Å²) in [5.41, 5.74) is 8.67. The number of fused-ring (bicyclic) bond motifs is 1. The van der Waals surface area contributed by atoms with Crippen molar-refractivity contribution < 1.29 is 14.3 Å². The molecular weight excluding hydrogens is 422 g/mol. The molecule has 1 amide bonds. The third-order valence-corrected chi connectivity index (χ3v) is 6.19. The van der Waals surface area contributed by atoms with Crippen LogP contribution in [0.15, 0.2) is 36.7 Å². The van der Waals surface area contributed by atoms with Crippen LogP contribution in [0.2, 0.25) is 0 Å². The summed E-state index contributed by atoms with van der Waals surface area (Å²) in [6, 6.07) is 7.83. The van der Waals surface area contributed by atoms with E-state index in [1.165, 1.54) is 6.20 Å². The molecule has 2 aliphatic heterocycles. The third kappa shape index (κ3) is 4.44. The molecule has 0 aliphatic carbocycles. The van der Waals surface area contributed by atoms with Crippen LogP contribution in [0, 0.1) is 0 Å². The van der Waals surface area contributed by atoms with Gasteiger partial charge >= 0.3 is 0 Å². The van der Waals surface area contributed by atoms with E-state index in [1.807, 2.05) is 30.5 Å². The molecule has 2 aliphatic rings. The average molecular weight is 452 g/mol. The number of carbonyl (C=O) groups is 1. The van der Waals surface area contributed by atoms with E-state index in [9.17, 15) is 4.79 Å². The zero-order valence-corrected chi connectivity index (χ0v) is 18.7. The van der Waals surface area contributed by atoms with E-state index in [1.54, 1.807) is 11.6 Å². The molecular formula is C23H29N7O3. The molecule has 0 unspecified atom stereocenters. The molecule has 0 saturated carbocycles. The number of nitrogens with two attached hydrogens (primary N) is 1. The highest BCUT2D eigenvalue weighted by Gasteiger charge is 2.21. The molecule has 2 saturated heterocycles. The number of hydrogen-bond acceptors (Lipinski definition) is 8. The molecule has 0 spiro atoms. The number of rotatable bonds is 5. The number of hydrogen-bond donors (Lipinski definition) is 2. The summed E-state index contributed by atoms with van der Waals surface area (Å²) in [5.74, 6) is 1.11. The highest BCUT2D eigenvalue weighted by Crippen LogP contribution is 2.31. The summed E-state index contributed by atoms with van der Waals surface area (Å²) in [7, 11) is 1.60. The normalized spacial score (nSPS) is 19.0. The van der Waals surface area contributed by atoms with Crippen molar-refractivity contribution in [2.75, 3.05) is 61.6 Å². The van der Waals surface area contributed by atoms with Gasteiger partial charge in [-0.1, -0.05) is 0 Å². The van der Waals surface area contributed by atoms with Crippen molar-refractivity contribution in [2.45, 2.75) is 18.9 Å². The van der Waals surface area contributed by atoms with Crippen molar-refractivity contribution in [1.82, 2.24) is 14.6 Å². The minimum absolute atomic E-state index is 0.136. The van der Waals surface area contributed by atoms with Crippen LogP contribution in [0.1, 0.15) is 23.2 Å². The van der Waals surface area contributed by atoms with E-state index in [2.05, 4.69) is 20.2 Å². The first-order valence-electron chi connectivity index (χ1n) is 11.3. The Hall–Kier alpha value is -3.37. The van der Waals surface area contributed by atoms with Gasteiger partial charge in [0.15, 0.2) is 5.65 Å². The molecule has 1 aromatic carbocycles. The number of morpholine rings is 1. The monoisotopic (exact) mass is 451 g/mol. The highest BCUT2D eigenvalue weighted by molar-refractivity contribution is 6.08. The Morgan fingerprint density at radius 1 is 1.21 bits per heavy atom. The van der Waals surface area contributed by atoms with Crippen molar-refractivity contribution in [3.63, 3.8) is 0 Å². The Morgan fingerprint density at radius 3 is 2.85 bits per heavy atom. The fourth-order valence-corrected chi connectivity index (χ4v) is 4.40. The minimum Gasteiger partial charge on any atom is -0.494 e. The van der Waals surface area contributed by atoms with E-state index in [-0.39, 0.29) is 11.9 Å². The number of carbonyl (C=O) groups excluding carboxylic acids is 1. The maximum Gasteiger partial charge on any atom is 0.261 e. The molecule has 10 nitrogen and oxygen atoms in total. The molecule has 4 heterocycles. The fraction of sp³-hybridized carbons (Fsp3) is 0.435. The Bertz CT molecular complexity index is 1140. The number of nitrogens with zero attached hydrogens (tertiary/aromatic N) is 5. The van der Waals surface area contributed by atoms with Gasteiger partial charge in [0, 0.05) is 50.2 Å². The lowest BCUT2D eigenvalue weighted by atomic mass is 10.1. The van der Waals surface area contributed by atoms with Crippen LogP contribution in [0.4, 0.5) is 17.2 Å². The second kappa shape index (κ2) is 9.24. The van der Waals surface area contributed by atoms with Crippen LogP contribution in [-0.4, -0.2) is 73.0 Å². The summed E-state index contributed by atoms with van der Waals surface area (Å²) in [4.78, 5) is 22.3. The van der Waals surface area contributed by atoms with E-state index < -0.39 is 0 Å². The van der Waals surface area contributed by atoms with E-state index >= 15 is 0 Å². The molecule has 2 aromatic heterocycles. The lowest BCUT2D eigenvalue weighted by Crippen LogP contribution is -2.43. The van der Waals surface area contributed by atoms with Crippen molar-refractivity contribution in [1.29, 1.82) is 0 Å². The zero-order valence-electron chi connectivity index (χ0n) is 18.7. The zero-order chi connectivity index (χ0) is 22.8. The summed E-state index contributed by atoms with van der Waals surface area (Å²) in [6.45, 7) is 4.72. The predicted molar refractivity (Wildman–Crippen MR) is 126 cm³/mol. The number of benzene rings is 1. The number of aromatic nitrogens is 3. The maximum atomic E-state index is 13.2. The summed E-state index contributed by atoms with van der Waals surface area (Å²) in [5, 5.41) is 7.26. The molecule has 33 heavy (non-hydrogen) atoms. The molecule has 3 aromatic rings. The van der Waals surface area contributed by atoms with Crippen molar-refractivity contribution in [3.05, 3.63) is 42.2 Å². The molecule has 5 rings (SSSR count). The average Bonchev–Trinajstić information content (AvgIpc) is 3.28. The third-order valence-electron chi connectivity index (χ3n) is 6.19. The lowest BCUT2D eigenvalue weighted by molar-refractivity contribution is 0.102. The van der Waals surface area contributed by atoms with Gasteiger partial charge in [-0.15, -0.1) is 0 Å². The first kappa shape index (κ1) is 21.5.